The number of nitrogens with one attached hydrogen (secondary N) is 1. The molecule has 1 amide bonds. The molecule has 3 heterocycles. The van der Waals surface area contributed by atoms with E-state index >= 15 is 0 Å². The van der Waals surface area contributed by atoms with Crippen molar-refractivity contribution in [3.63, 3.8) is 0 Å². The number of benzene rings is 3. The summed E-state index contributed by atoms with van der Waals surface area (Å²) in [5.74, 6) is -0.0632. The Morgan fingerprint density at radius 2 is 1.51 bits per heavy atom. The van der Waals surface area contributed by atoms with Crippen molar-refractivity contribution in [2.45, 2.75) is 25.2 Å². The van der Waals surface area contributed by atoms with Crippen molar-refractivity contribution in [3.05, 3.63) is 102 Å². The first-order valence-electron chi connectivity index (χ1n) is 12.8. The van der Waals surface area contributed by atoms with Crippen molar-refractivity contribution >= 4 is 11.9 Å². The molecule has 2 saturated heterocycles. The summed E-state index contributed by atoms with van der Waals surface area (Å²) in [7, 11) is 0. The number of anilines is 1. The van der Waals surface area contributed by atoms with E-state index in [1.165, 1.54) is 5.56 Å². The quantitative estimate of drug-likeness (QED) is 0.403. The Bertz CT molecular complexity index is 1340. The van der Waals surface area contributed by atoms with E-state index in [0.29, 0.717) is 24.7 Å². The summed E-state index contributed by atoms with van der Waals surface area (Å²) in [6.07, 6.45) is 3.74. The average Bonchev–Trinajstić information content (AvgIpc) is 3.59. The Kier molecular flexibility index (Phi) is 6.57. The van der Waals surface area contributed by atoms with Gasteiger partial charge in [0.25, 0.3) is 5.91 Å². The van der Waals surface area contributed by atoms with Gasteiger partial charge >= 0.3 is 0 Å². The molecule has 0 unspecified atom stereocenters. The summed E-state index contributed by atoms with van der Waals surface area (Å²) in [5, 5.41) is 3.02. The lowest BCUT2D eigenvalue weighted by Crippen LogP contribution is -2.44. The molecular weight excluding hydrogens is 464 g/mol. The highest BCUT2D eigenvalue weighted by molar-refractivity contribution is 6.03. The number of para-hydroxylation sites is 1. The molecule has 37 heavy (non-hydrogen) atoms. The molecule has 3 aromatic carbocycles. The lowest BCUT2D eigenvalue weighted by molar-refractivity contribution is -0.185. The third-order valence-corrected chi connectivity index (χ3v) is 7.09. The van der Waals surface area contributed by atoms with Gasteiger partial charge in [-0.3, -0.25) is 19.6 Å². The zero-order valence-electron chi connectivity index (χ0n) is 20.7. The topological polar surface area (TPSA) is 68.6 Å². The van der Waals surface area contributed by atoms with Crippen molar-refractivity contribution in [2.24, 2.45) is 0 Å². The Labute approximate surface area is 216 Å². The van der Waals surface area contributed by atoms with Crippen LogP contribution in [0.25, 0.3) is 16.9 Å². The van der Waals surface area contributed by atoms with Crippen LogP contribution < -0.4 is 5.32 Å². The summed E-state index contributed by atoms with van der Waals surface area (Å²) in [6, 6.07) is 27.7. The molecule has 1 N–H and O–H groups in total. The van der Waals surface area contributed by atoms with Crippen LogP contribution in [-0.4, -0.2) is 52.4 Å². The minimum Gasteiger partial charge on any atom is -0.347 e. The highest BCUT2D eigenvalue weighted by atomic mass is 16.7. The van der Waals surface area contributed by atoms with Crippen molar-refractivity contribution in [1.82, 2.24) is 14.5 Å². The number of rotatable bonds is 6. The first-order valence-corrected chi connectivity index (χ1v) is 12.8. The predicted octanol–water partition coefficient (Wildman–Crippen LogP) is 5.13. The maximum atomic E-state index is 13.2. The van der Waals surface area contributed by atoms with Gasteiger partial charge in [0.15, 0.2) is 5.79 Å². The van der Waals surface area contributed by atoms with Crippen LogP contribution in [0.3, 0.4) is 0 Å². The average molecular weight is 495 g/mol. The predicted molar refractivity (Wildman–Crippen MR) is 143 cm³/mol. The van der Waals surface area contributed by atoms with Crippen molar-refractivity contribution in [3.8, 4) is 16.9 Å². The van der Waals surface area contributed by atoms with Crippen molar-refractivity contribution in [2.75, 3.05) is 31.6 Å². The molecule has 188 valence electrons. The van der Waals surface area contributed by atoms with Gasteiger partial charge in [-0.2, -0.15) is 0 Å². The van der Waals surface area contributed by atoms with E-state index in [1.807, 2.05) is 95.7 Å². The summed E-state index contributed by atoms with van der Waals surface area (Å²) in [6.45, 7) is 4.12. The summed E-state index contributed by atoms with van der Waals surface area (Å²) >= 11 is 0. The SMILES string of the molecule is O=C(Nc1nc(-c2ccccc2)cn1-c1ccccc1)c1ccc(CN2CCC3(CC2)OCCO3)cc1. The molecule has 6 rings (SSSR count). The smallest absolute Gasteiger partial charge is 0.257 e. The van der Waals surface area contributed by atoms with E-state index < -0.39 is 0 Å². The fourth-order valence-corrected chi connectivity index (χ4v) is 5.03. The van der Waals surface area contributed by atoms with Gasteiger partial charge in [-0.25, -0.2) is 4.98 Å². The van der Waals surface area contributed by atoms with E-state index in [1.54, 1.807) is 0 Å². The number of likely N-dealkylation sites (tertiary alicyclic amines) is 1. The standard InChI is InChI=1S/C30H30N4O3/c35-28(25-13-11-23(12-14-25)21-33-17-15-30(16-18-33)36-19-20-37-30)32-29-31-27(24-7-3-1-4-8-24)22-34(29)26-9-5-2-6-10-26/h1-14,22H,15-21H2,(H,31,32,35). The van der Waals surface area contributed by atoms with Crippen molar-refractivity contribution < 1.29 is 14.3 Å². The molecule has 0 aliphatic carbocycles. The molecule has 2 aliphatic heterocycles. The van der Waals surface area contributed by atoms with Gasteiger partial charge < -0.3 is 9.47 Å². The summed E-state index contributed by atoms with van der Waals surface area (Å²) < 4.78 is 13.6. The number of hydrogen-bond donors (Lipinski definition) is 1. The molecule has 0 saturated carbocycles. The van der Waals surface area contributed by atoms with E-state index in [9.17, 15) is 4.79 Å². The molecule has 0 bridgehead atoms. The van der Waals surface area contributed by atoms with Crippen LogP contribution in [0.15, 0.2) is 91.1 Å². The zero-order chi connectivity index (χ0) is 25.1. The molecule has 1 spiro atoms. The van der Waals surface area contributed by atoms with E-state index in [4.69, 9.17) is 14.5 Å². The van der Waals surface area contributed by atoms with Crippen molar-refractivity contribution in [1.29, 1.82) is 0 Å². The van der Waals surface area contributed by atoms with Gasteiger partial charge in [-0.1, -0.05) is 60.7 Å². The second kappa shape index (κ2) is 10.3. The zero-order valence-corrected chi connectivity index (χ0v) is 20.7. The Balaban J connectivity index is 1.15. The molecule has 4 aromatic rings. The molecule has 0 atom stereocenters. The number of aromatic nitrogens is 2. The molecule has 2 fully saturated rings. The first kappa shape index (κ1) is 23.6. The first-order chi connectivity index (χ1) is 18.2. The highest BCUT2D eigenvalue weighted by Gasteiger charge is 2.39. The van der Waals surface area contributed by atoms with E-state index in [2.05, 4.69) is 10.2 Å². The normalized spacial score (nSPS) is 17.2. The van der Waals surface area contributed by atoms with Gasteiger partial charge in [0.2, 0.25) is 5.95 Å². The van der Waals surface area contributed by atoms with Crippen LogP contribution in [0, 0.1) is 0 Å². The Morgan fingerprint density at radius 1 is 0.865 bits per heavy atom. The van der Waals surface area contributed by atoms with Gasteiger partial charge in [0.05, 0.1) is 18.9 Å². The number of piperidine rings is 1. The minimum absolute atomic E-state index is 0.190. The largest absolute Gasteiger partial charge is 0.347 e. The number of hydrogen-bond acceptors (Lipinski definition) is 5. The van der Waals surface area contributed by atoms with Crippen LogP contribution in [0.5, 0.6) is 0 Å². The molecule has 2 aliphatic rings. The van der Waals surface area contributed by atoms with Crippen LogP contribution in [0.4, 0.5) is 5.95 Å². The molecule has 1 aromatic heterocycles. The van der Waals surface area contributed by atoms with Crippen LogP contribution in [-0.2, 0) is 16.0 Å². The summed E-state index contributed by atoms with van der Waals surface area (Å²) in [5.41, 5.74) is 4.49. The number of amides is 1. The van der Waals surface area contributed by atoms with Crippen LogP contribution >= 0.6 is 0 Å². The highest BCUT2D eigenvalue weighted by Crippen LogP contribution is 2.32. The molecular formula is C30H30N4O3. The third kappa shape index (κ3) is 5.20. The minimum atomic E-state index is -0.357. The van der Waals surface area contributed by atoms with E-state index in [-0.39, 0.29) is 11.7 Å². The monoisotopic (exact) mass is 494 g/mol. The number of imidazole rings is 1. The second-order valence-electron chi connectivity index (χ2n) is 9.56. The van der Waals surface area contributed by atoms with Crippen LogP contribution in [0.2, 0.25) is 0 Å². The van der Waals surface area contributed by atoms with Gasteiger partial charge in [-0.05, 0) is 29.8 Å². The number of carbonyl (C=O) groups is 1. The number of ether oxygens (including phenoxy) is 2. The van der Waals surface area contributed by atoms with E-state index in [0.717, 1.165) is 49.4 Å². The second-order valence-corrected chi connectivity index (χ2v) is 9.56. The lowest BCUT2D eigenvalue weighted by atomic mass is 10.0. The third-order valence-electron chi connectivity index (χ3n) is 7.09. The number of nitrogens with zero attached hydrogens (tertiary/aromatic N) is 3. The maximum Gasteiger partial charge on any atom is 0.257 e. The maximum absolute atomic E-state index is 13.2. The van der Waals surface area contributed by atoms with Gasteiger partial charge in [-0.15, -0.1) is 0 Å². The van der Waals surface area contributed by atoms with Gasteiger partial charge in [0, 0.05) is 55.5 Å². The molecule has 0 radical (unpaired) electrons. The molecule has 7 nitrogen and oxygen atoms in total. The fraction of sp³-hybridized carbons (Fsp3) is 0.267. The van der Waals surface area contributed by atoms with Gasteiger partial charge in [0.1, 0.15) is 0 Å². The molecule has 7 heteroatoms. The Morgan fingerprint density at radius 3 is 2.19 bits per heavy atom. The lowest BCUT2D eigenvalue weighted by Gasteiger charge is -2.37. The Hall–Kier alpha value is -3.78. The summed E-state index contributed by atoms with van der Waals surface area (Å²) in [4.78, 5) is 20.3. The van der Waals surface area contributed by atoms with Crippen LogP contribution in [0.1, 0.15) is 28.8 Å². The fourth-order valence-electron chi connectivity index (χ4n) is 5.03. The number of carbonyl (C=O) groups excluding carboxylic acids is 1.